The standard InChI is InChI=1S/C15H18N2O/c18-15-13-9-4-10-14(13)16-17(15)11-5-8-12-6-2-1-3-7-12/h1-3,6-7,16H,4-5,8-11H2. The van der Waals surface area contributed by atoms with Crippen molar-refractivity contribution < 1.29 is 0 Å². The fraction of sp³-hybridized carbons (Fsp3) is 0.400. The Bertz CT molecular complexity index is 580. The van der Waals surface area contributed by atoms with Crippen LogP contribution in [0.25, 0.3) is 0 Å². The predicted molar refractivity (Wildman–Crippen MR) is 71.8 cm³/mol. The van der Waals surface area contributed by atoms with Crippen LogP contribution >= 0.6 is 0 Å². The zero-order chi connectivity index (χ0) is 12.4. The van der Waals surface area contributed by atoms with Gasteiger partial charge in [0, 0.05) is 17.8 Å². The summed E-state index contributed by atoms with van der Waals surface area (Å²) in [5.74, 6) is 0. The van der Waals surface area contributed by atoms with Gasteiger partial charge >= 0.3 is 0 Å². The van der Waals surface area contributed by atoms with Gasteiger partial charge in [0.2, 0.25) is 0 Å². The Morgan fingerprint density at radius 3 is 2.78 bits per heavy atom. The lowest BCUT2D eigenvalue weighted by Gasteiger charge is -2.03. The van der Waals surface area contributed by atoms with Crippen molar-refractivity contribution in [2.45, 2.75) is 38.6 Å². The number of H-pyrrole nitrogens is 1. The first-order valence-corrected chi connectivity index (χ1v) is 6.69. The molecule has 18 heavy (non-hydrogen) atoms. The summed E-state index contributed by atoms with van der Waals surface area (Å²) in [6.45, 7) is 0.792. The third kappa shape index (κ3) is 2.13. The Morgan fingerprint density at radius 2 is 2.00 bits per heavy atom. The van der Waals surface area contributed by atoms with Gasteiger partial charge in [0.15, 0.2) is 0 Å². The number of nitrogens with zero attached hydrogens (tertiary/aromatic N) is 1. The molecule has 0 saturated heterocycles. The number of aromatic nitrogens is 2. The van der Waals surface area contributed by atoms with Crippen molar-refractivity contribution in [2.24, 2.45) is 0 Å². The highest BCUT2D eigenvalue weighted by Crippen LogP contribution is 2.16. The number of benzene rings is 1. The molecule has 1 aromatic carbocycles. The summed E-state index contributed by atoms with van der Waals surface area (Å²) in [5.41, 5.74) is 3.73. The molecule has 1 heterocycles. The normalized spacial score (nSPS) is 13.8. The maximum Gasteiger partial charge on any atom is 0.269 e. The second kappa shape index (κ2) is 4.84. The van der Waals surface area contributed by atoms with Crippen LogP contribution in [0.15, 0.2) is 35.1 Å². The second-order valence-electron chi connectivity index (χ2n) is 4.97. The molecule has 1 aromatic heterocycles. The third-order valence-electron chi connectivity index (χ3n) is 3.68. The van der Waals surface area contributed by atoms with Gasteiger partial charge in [-0.05, 0) is 37.7 Å². The van der Waals surface area contributed by atoms with Crippen molar-refractivity contribution >= 4 is 0 Å². The zero-order valence-corrected chi connectivity index (χ0v) is 10.5. The predicted octanol–water partition coefficient (Wildman–Crippen LogP) is 2.30. The molecule has 0 bridgehead atoms. The van der Waals surface area contributed by atoms with Crippen LogP contribution in [0, 0.1) is 0 Å². The van der Waals surface area contributed by atoms with Crippen LogP contribution in [0.5, 0.6) is 0 Å². The molecule has 3 nitrogen and oxygen atoms in total. The summed E-state index contributed by atoms with van der Waals surface area (Å²) in [6, 6.07) is 10.4. The van der Waals surface area contributed by atoms with E-state index >= 15 is 0 Å². The first-order chi connectivity index (χ1) is 8.84. The summed E-state index contributed by atoms with van der Waals surface area (Å²) >= 11 is 0. The topological polar surface area (TPSA) is 37.8 Å². The van der Waals surface area contributed by atoms with Crippen molar-refractivity contribution in [1.82, 2.24) is 9.78 Å². The maximum atomic E-state index is 12.0. The molecule has 0 radical (unpaired) electrons. The van der Waals surface area contributed by atoms with Crippen LogP contribution < -0.4 is 5.56 Å². The molecule has 0 unspecified atom stereocenters. The lowest BCUT2D eigenvalue weighted by Crippen LogP contribution is -2.19. The summed E-state index contributed by atoms with van der Waals surface area (Å²) < 4.78 is 1.78. The second-order valence-corrected chi connectivity index (χ2v) is 4.97. The Kier molecular flexibility index (Phi) is 3.05. The smallest absolute Gasteiger partial charge is 0.269 e. The molecule has 0 saturated carbocycles. The van der Waals surface area contributed by atoms with Gasteiger partial charge in [-0.25, -0.2) is 0 Å². The molecule has 1 aliphatic carbocycles. The van der Waals surface area contributed by atoms with Gasteiger partial charge in [-0.1, -0.05) is 30.3 Å². The molecule has 1 N–H and O–H groups in total. The van der Waals surface area contributed by atoms with E-state index in [0.717, 1.165) is 44.2 Å². The summed E-state index contributed by atoms with van der Waals surface area (Å²) in [5, 5.41) is 3.25. The van der Waals surface area contributed by atoms with Gasteiger partial charge in [-0.3, -0.25) is 14.6 Å². The average molecular weight is 242 g/mol. The first-order valence-electron chi connectivity index (χ1n) is 6.69. The van der Waals surface area contributed by atoms with Crippen LogP contribution in [0.2, 0.25) is 0 Å². The lowest BCUT2D eigenvalue weighted by molar-refractivity contribution is 0.553. The molecule has 2 aromatic rings. The van der Waals surface area contributed by atoms with E-state index in [1.165, 1.54) is 11.3 Å². The molecule has 94 valence electrons. The van der Waals surface area contributed by atoms with Crippen LogP contribution in [-0.2, 0) is 25.8 Å². The molecular formula is C15H18N2O. The van der Waals surface area contributed by atoms with E-state index in [0.29, 0.717) is 0 Å². The molecule has 0 atom stereocenters. The van der Waals surface area contributed by atoms with E-state index < -0.39 is 0 Å². The van der Waals surface area contributed by atoms with Gasteiger partial charge in [0.25, 0.3) is 5.56 Å². The Morgan fingerprint density at radius 1 is 1.17 bits per heavy atom. The number of aromatic amines is 1. The van der Waals surface area contributed by atoms with Crippen LogP contribution in [-0.4, -0.2) is 9.78 Å². The summed E-state index contributed by atoms with van der Waals surface area (Å²) in [7, 11) is 0. The highest BCUT2D eigenvalue weighted by atomic mass is 16.1. The number of rotatable bonds is 4. The zero-order valence-electron chi connectivity index (χ0n) is 10.5. The van der Waals surface area contributed by atoms with Crippen LogP contribution in [0.4, 0.5) is 0 Å². The summed E-state index contributed by atoms with van der Waals surface area (Å²) in [4.78, 5) is 12.0. The number of hydrogen-bond donors (Lipinski definition) is 1. The average Bonchev–Trinajstić information content (AvgIpc) is 2.96. The third-order valence-corrected chi connectivity index (χ3v) is 3.68. The van der Waals surface area contributed by atoms with Crippen LogP contribution in [0.1, 0.15) is 29.7 Å². The van der Waals surface area contributed by atoms with Crippen LogP contribution in [0.3, 0.4) is 0 Å². The summed E-state index contributed by atoms with van der Waals surface area (Å²) in [6.07, 6.45) is 5.15. The molecule has 3 heteroatoms. The molecule has 0 fully saturated rings. The van der Waals surface area contributed by atoms with Gasteiger partial charge < -0.3 is 0 Å². The molecule has 3 rings (SSSR count). The van der Waals surface area contributed by atoms with Crippen molar-refractivity contribution in [2.75, 3.05) is 0 Å². The maximum absolute atomic E-state index is 12.0. The lowest BCUT2D eigenvalue weighted by atomic mass is 10.1. The van der Waals surface area contributed by atoms with E-state index in [-0.39, 0.29) is 5.56 Å². The first kappa shape index (κ1) is 11.3. The van der Waals surface area contributed by atoms with Crippen molar-refractivity contribution in [3.63, 3.8) is 0 Å². The highest BCUT2D eigenvalue weighted by Gasteiger charge is 2.18. The van der Waals surface area contributed by atoms with Gasteiger partial charge in [0.1, 0.15) is 0 Å². The van der Waals surface area contributed by atoms with Crippen molar-refractivity contribution in [1.29, 1.82) is 0 Å². The molecule has 0 amide bonds. The Hall–Kier alpha value is -1.77. The van der Waals surface area contributed by atoms with Gasteiger partial charge in [0.05, 0.1) is 0 Å². The number of hydrogen-bond acceptors (Lipinski definition) is 1. The number of nitrogens with one attached hydrogen (secondary N) is 1. The minimum Gasteiger partial charge on any atom is -0.299 e. The minimum absolute atomic E-state index is 0.204. The van der Waals surface area contributed by atoms with E-state index in [1.54, 1.807) is 4.68 Å². The van der Waals surface area contributed by atoms with E-state index in [4.69, 9.17) is 0 Å². The van der Waals surface area contributed by atoms with E-state index in [9.17, 15) is 4.79 Å². The van der Waals surface area contributed by atoms with Gasteiger partial charge in [-0.2, -0.15) is 0 Å². The Balaban J connectivity index is 1.63. The number of fused-ring (bicyclic) bond motifs is 1. The van der Waals surface area contributed by atoms with Gasteiger partial charge in [-0.15, -0.1) is 0 Å². The molecular weight excluding hydrogens is 224 g/mol. The Labute approximate surface area is 106 Å². The SMILES string of the molecule is O=c1c2c([nH]n1CCCc1ccccc1)CCC2. The minimum atomic E-state index is 0.204. The highest BCUT2D eigenvalue weighted by molar-refractivity contribution is 5.22. The number of aryl methyl sites for hydroxylation is 3. The molecule has 0 spiro atoms. The fourth-order valence-electron chi connectivity index (χ4n) is 2.72. The van der Waals surface area contributed by atoms with E-state index in [2.05, 4.69) is 29.4 Å². The van der Waals surface area contributed by atoms with Crippen molar-refractivity contribution in [3.8, 4) is 0 Å². The fourth-order valence-corrected chi connectivity index (χ4v) is 2.72. The van der Waals surface area contributed by atoms with E-state index in [1.807, 2.05) is 6.07 Å². The largest absolute Gasteiger partial charge is 0.299 e. The van der Waals surface area contributed by atoms with Crippen molar-refractivity contribution in [3.05, 3.63) is 57.5 Å². The quantitative estimate of drug-likeness (QED) is 0.877. The monoisotopic (exact) mass is 242 g/mol. The molecule has 1 aliphatic rings. The molecule has 0 aliphatic heterocycles.